The monoisotopic (exact) mass is 308 g/mol. The summed E-state index contributed by atoms with van der Waals surface area (Å²) in [6, 6.07) is 6.82. The third-order valence-electron chi connectivity index (χ3n) is 2.80. The van der Waals surface area contributed by atoms with Crippen molar-refractivity contribution in [2.24, 2.45) is 0 Å². The number of hydrogen-bond acceptors (Lipinski definition) is 4. The summed E-state index contributed by atoms with van der Waals surface area (Å²) in [5.41, 5.74) is 0.977. The highest BCUT2D eigenvalue weighted by atomic mass is 32.2. The molecular weight excluding hydrogens is 287 g/mol. The van der Waals surface area contributed by atoms with Gasteiger partial charge in [0.15, 0.2) is 0 Å². The molecule has 0 amide bonds. The minimum Gasteiger partial charge on any atom is -0.306 e. The predicted octanol–water partition coefficient (Wildman–Crippen LogP) is 3.10. The van der Waals surface area contributed by atoms with Gasteiger partial charge >= 0.3 is 0 Å². The summed E-state index contributed by atoms with van der Waals surface area (Å²) in [4.78, 5) is 0.673. The van der Waals surface area contributed by atoms with Crippen LogP contribution in [0.1, 0.15) is 26.5 Å². The molecule has 0 aliphatic carbocycles. The topological polar surface area (TPSA) is 42.7 Å². The minimum absolute atomic E-state index is 0.0600. The van der Waals surface area contributed by atoms with Crippen molar-refractivity contribution in [3.05, 3.63) is 42.0 Å². The molecule has 21 heavy (non-hydrogen) atoms. The average molecular weight is 308 g/mol. The third-order valence-corrected chi connectivity index (χ3v) is 3.83. The van der Waals surface area contributed by atoms with Crippen LogP contribution < -0.4 is 5.32 Å². The number of aromatic nitrogens is 3. The van der Waals surface area contributed by atoms with Crippen molar-refractivity contribution < 1.29 is 4.39 Å². The molecule has 1 heterocycles. The molecule has 2 rings (SSSR count). The van der Waals surface area contributed by atoms with Gasteiger partial charge in [-0.15, -0.1) is 16.9 Å². The zero-order valence-corrected chi connectivity index (χ0v) is 13.5. The van der Waals surface area contributed by atoms with E-state index in [9.17, 15) is 4.39 Å². The number of rotatable bonds is 6. The van der Waals surface area contributed by atoms with E-state index < -0.39 is 0 Å². The van der Waals surface area contributed by atoms with E-state index in [0.29, 0.717) is 18.0 Å². The summed E-state index contributed by atoms with van der Waals surface area (Å²) < 4.78 is 15.3. The largest absolute Gasteiger partial charge is 0.306 e. The van der Waals surface area contributed by atoms with Gasteiger partial charge in [-0.05, 0) is 32.9 Å². The Morgan fingerprint density at radius 3 is 2.76 bits per heavy atom. The van der Waals surface area contributed by atoms with Gasteiger partial charge in [-0.1, -0.05) is 17.3 Å². The molecule has 0 saturated heterocycles. The zero-order chi connectivity index (χ0) is 15.3. The van der Waals surface area contributed by atoms with Crippen molar-refractivity contribution in [1.29, 1.82) is 0 Å². The second kappa shape index (κ2) is 7.04. The van der Waals surface area contributed by atoms with Gasteiger partial charge in [-0.3, -0.25) is 4.68 Å². The normalized spacial score (nSPS) is 11.8. The highest BCUT2D eigenvalue weighted by Crippen LogP contribution is 2.21. The lowest BCUT2D eigenvalue weighted by atomic mass is 10.1. The lowest BCUT2D eigenvalue weighted by Crippen LogP contribution is -2.35. The Kier molecular flexibility index (Phi) is 5.36. The molecule has 0 unspecified atom stereocenters. The van der Waals surface area contributed by atoms with Crippen molar-refractivity contribution in [2.75, 3.05) is 5.75 Å². The van der Waals surface area contributed by atoms with E-state index in [4.69, 9.17) is 0 Å². The Morgan fingerprint density at radius 2 is 2.05 bits per heavy atom. The summed E-state index contributed by atoms with van der Waals surface area (Å²) in [6.45, 7) is 7.75. The first-order valence-electron chi connectivity index (χ1n) is 6.95. The van der Waals surface area contributed by atoms with Crippen molar-refractivity contribution in [2.45, 2.75) is 44.3 Å². The van der Waals surface area contributed by atoms with Crippen LogP contribution in [0.5, 0.6) is 0 Å². The van der Waals surface area contributed by atoms with Crippen LogP contribution in [-0.4, -0.2) is 26.3 Å². The molecule has 4 nitrogen and oxygen atoms in total. The minimum atomic E-state index is -0.170. The highest BCUT2D eigenvalue weighted by Gasteiger charge is 2.10. The Morgan fingerprint density at radius 1 is 1.29 bits per heavy atom. The van der Waals surface area contributed by atoms with Crippen molar-refractivity contribution in [3.8, 4) is 0 Å². The first-order chi connectivity index (χ1) is 9.94. The van der Waals surface area contributed by atoms with Crippen LogP contribution in [0.4, 0.5) is 4.39 Å². The molecule has 6 heteroatoms. The molecule has 0 fully saturated rings. The molecule has 0 aliphatic rings. The van der Waals surface area contributed by atoms with Gasteiger partial charge in [0, 0.05) is 28.9 Å². The van der Waals surface area contributed by atoms with Crippen LogP contribution in [0.25, 0.3) is 0 Å². The fourth-order valence-electron chi connectivity index (χ4n) is 1.70. The molecule has 1 aromatic heterocycles. The molecule has 0 radical (unpaired) electrons. The summed E-state index contributed by atoms with van der Waals surface area (Å²) in [7, 11) is 0. The van der Waals surface area contributed by atoms with Crippen LogP contribution >= 0.6 is 11.8 Å². The number of thioether (sulfide) groups is 1. The lowest BCUT2D eigenvalue weighted by molar-refractivity contribution is 0.421. The summed E-state index contributed by atoms with van der Waals surface area (Å²) in [6.07, 6.45) is 1.93. The van der Waals surface area contributed by atoms with E-state index in [1.165, 1.54) is 17.8 Å². The smallest absolute Gasteiger partial charge is 0.136 e. The fraction of sp³-hybridized carbons (Fsp3) is 0.467. The molecule has 0 bridgehead atoms. The molecule has 0 spiro atoms. The molecule has 2 aromatic rings. The highest BCUT2D eigenvalue weighted by molar-refractivity contribution is 7.99. The number of nitrogens with zero attached hydrogens (tertiary/aromatic N) is 3. The average Bonchev–Trinajstić information content (AvgIpc) is 2.86. The van der Waals surface area contributed by atoms with Gasteiger partial charge < -0.3 is 5.32 Å². The standard InChI is InChI=1S/C15H21FN4S/c1-15(2,3)17-10-12-11-20(19-18-12)8-9-21-14-7-5-4-6-13(14)16/h4-7,11,17H,8-10H2,1-3H3. The number of hydrogen-bond donors (Lipinski definition) is 1. The van der Waals surface area contributed by atoms with E-state index in [2.05, 4.69) is 36.4 Å². The van der Waals surface area contributed by atoms with Gasteiger partial charge in [-0.25, -0.2) is 4.39 Å². The van der Waals surface area contributed by atoms with Crippen LogP contribution in [0.2, 0.25) is 0 Å². The van der Waals surface area contributed by atoms with E-state index in [1.54, 1.807) is 16.8 Å². The predicted molar refractivity (Wildman–Crippen MR) is 83.7 cm³/mol. The molecular formula is C15H21FN4S. The lowest BCUT2D eigenvalue weighted by Gasteiger charge is -2.19. The maximum Gasteiger partial charge on any atom is 0.136 e. The molecule has 0 aliphatic heterocycles. The van der Waals surface area contributed by atoms with E-state index in [-0.39, 0.29) is 11.4 Å². The number of benzene rings is 1. The van der Waals surface area contributed by atoms with Crippen LogP contribution in [0.15, 0.2) is 35.4 Å². The molecule has 114 valence electrons. The van der Waals surface area contributed by atoms with E-state index >= 15 is 0 Å². The first kappa shape index (κ1) is 16.0. The van der Waals surface area contributed by atoms with Crippen LogP contribution in [0, 0.1) is 5.82 Å². The van der Waals surface area contributed by atoms with E-state index in [1.807, 2.05) is 12.3 Å². The van der Waals surface area contributed by atoms with Crippen LogP contribution in [0.3, 0.4) is 0 Å². The van der Waals surface area contributed by atoms with Gasteiger partial charge in [-0.2, -0.15) is 0 Å². The summed E-state index contributed by atoms with van der Waals surface area (Å²) in [5.74, 6) is 0.590. The van der Waals surface area contributed by atoms with E-state index in [0.717, 1.165) is 11.4 Å². The third kappa shape index (κ3) is 5.47. The quantitative estimate of drug-likeness (QED) is 0.833. The van der Waals surface area contributed by atoms with Gasteiger partial charge in [0.2, 0.25) is 0 Å². The summed E-state index contributed by atoms with van der Waals surface area (Å²) in [5, 5.41) is 11.6. The Balaban J connectivity index is 1.79. The number of nitrogens with one attached hydrogen (secondary N) is 1. The Labute approximate surface area is 129 Å². The number of aryl methyl sites for hydroxylation is 1. The maximum absolute atomic E-state index is 13.5. The van der Waals surface area contributed by atoms with Gasteiger partial charge in [0.05, 0.1) is 12.2 Å². The van der Waals surface area contributed by atoms with Crippen molar-refractivity contribution >= 4 is 11.8 Å². The fourth-order valence-corrected chi connectivity index (χ4v) is 2.57. The maximum atomic E-state index is 13.5. The van der Waals surface area contributed by atoms with Crippen molar-refractivity contribution in [1.82, 2.24) is 20.3 Å². The molecule has 1 aromatic carbocycles. The van der Waals surface area contributed by atoms with Crippen molar-refractivity contribution in [3.63, 3.8) is 0 Å². The SMILES string of the molecule is CC(C)(C)NCc1cn(CCSc2ccccc2F)nn1. The first-order valence-corrected chi connectivity index (χ1v) is 7.94. The van der Waals surface area contributed by atoms with Gasteiger partial charge in [0.1, 0.15) is 5.82 Å². The Bertz CT molecular complexity index is 577. The second-order valence-electron chi connectivity index (χ2n) is 5.86. The summed E-state index contributed by atoms with van der Waals surface area (Å²) >= 11 is 1.49. The Hall–Kier alpha value is -1.40. The van der Waals surface area contributed by atoms with Crippen LogP contribution in [-0.2, 0) is 13.1 Å². The zero-order valence-electron chi connectivity index (χ0n) is 12.6. The molecule has 0 saturated carbocycles. The molecule has 0 atom stereocenters. The second-order valence-corrected chi connectivity index (χ2v) is 6.99. The van der Waals surface area contributed by atoms with Gasteiger partial charge in [0.25, 0.3) is 0 Å². The number of halogens is 1. The molecule has 1 N–H and O–H groups in total.